The largest absolute Gasteiger partial charge is 0.243 e. The van der Waals surface area contributed by atoms with E-state index in [0.717, 1.165) is 19.4 Å². The number of likely N-dealkylation sites (N-methyl/N-ethyl adjacent to an activating group) is 1. The Hall–Kier alpha value is -0.740. The molecular formula is C17H32F2N2. The van der Waals surface area contributed by atoms with Gasteiger partial charge in [0.05, 0.1) is 0 Å². The lowest BCUT2D eigenvalue weighted by Crippen LogP contribution is -2.46. The number of rotatable bonds is 10. The van der Waals surface area contributed by atoms with Crippen LogP contribution < -0.4 is 0 Å². The van der Waals surface area contributed by atoms with Crippen molar-refractivity contribution in [1.82, 2.24) is 10.0 Å². The van der Waals surface area contributed by atoms with E-state index in [1.807, 2.05) is 7.05 Å². The average molecular weight is 302 g/mol. The Labute approximate surface area is 129 Å². The highest BCUT2D eigenvalue weighted by atomic mass is 19.1. The molecule has 0 saturated carbocycles. The molecule has 2 nitrogen and oxygen atoms in total. The Bertz CT molecular complexity index is 323. The van der Waals surface area contributed by atoms with E-state index in [4.69, 9.17) is 0 Å². The summed E-state index contributed by atoms with van der Waals surface area (Å²) in [5.74, 6) is 0. The van der Waals surface area contributed by atoms with Crippen molar-refractivity contribution in [3.05, 3.63) is 23.8 Å². The SMILES string of the molecule is CCCCN(C(C)C)N(C)C/C(=C/C=C\C(C)F)C(C)F. The number of hydrogen-bond acceptors (Lipinski definition) is 2. The van der Waals surface area contributed by atoms with Crippen molar-refractivity contribution in [2.24, 2.45) is 0 Å². The minimum Gasteiger partial charge on any atom is -0.243 e. The average Bonchev–Trinajstić information content (AvgIpc) is 2.36. The van der Waals surface area contributed by atoms with Crippen molar-refractivity contribution in [2.75, 3.05) is 20.1 Å². The van der Waals surface area contributed by atoms with Crippen LogP contribution in [0.1, 0.15) is 47.5 Å². The third-order valence-electron chi connectivity index (χ3n) is 3.38. The molecule has 0 aromatic heterocycles. The van der Waals surface area contributed by atoms with Crippen molar-refractivity contribution in [1.29, 1.82) is 0 Å². The highest BCUT2D eigenvalue weighted by Gasteiger charge is 2.17. The fraction of sp³-hybridized carbons (Fsp3) is 0.765. The number of hydrogen-bond donors (Lipinski definition) is 0. The molecule has 0 aromatic carbocycles. The quantitative estimate of drug-likeness (QED) is 0.432. The second kappa shape index (κ2) is 10.9. The zero-order chi connectivity index (χ0) is 16.4. The summed E-state index contributed by atoms with van der Waals surface area (Å²) in [7, 11) is 1.98. The van der Waals surface area contributed by atoms with E-state index in [1.165, 1.54) is 19.9 Å². The molecule has 0 bridgehead atoms. The van der Waals surface area contributed by atoms with Crippen LogP contribution in [0, 0.1) is 0 Å². The lowest BCUT2D eigenvalue weighted by molar-refractivity contribution is -0.0237. The van der Waals surface area contributed by atoms with Gasteiger partial charge in [-0.15, -0.1) is 0 Å². The van der Waals surface area contributed by atoms with E-state index in [1.54, 1.807) is 12.2 Å². The topological polar surface area (TPSA) is 6.48 Å². The lowest BCUT2D eigenvalue weighted by Gasteiger charge is -2.36. The number of nitrogens with zero attached hydrogens (tertiary/aromatic N) is 2. The van der Waals surface area contributed by atoms with Gasteiger partial charge < -0.3 is 0 Å². The zero-order valence-corrected chi connectivity index (χ0v) is 14.4. The van der Waals surface area contributed by atoms with Gasteiger partial charge in [0.1, 0.15) is 12.3 Å². The predicted octanol–water partition coefficient (Wildman–Crippen LogP) is 4.54. The summed E-state index contributed by atoms with van der Waals surface area (Å²) in [4.78, 5) is 0. The Kier molecular flexibility index (Phi) is 10.5. The van der Waals surface area contributed by atoms with Crippen LogP contribution in [-0.4, -0.2) is 48.5 Å². The molecule has 21 heavy (non-hydrogen) atoms. The van der Waals surface area contributed by atoms with Crippen LogP contribution in [0.15, 0.2) is 23.8 Å². The third-order valence-corrected chi connectivity index (χ3v) is 3.38. The van der Waals surface area contributed by atoms with Gasteiger partial charge in [-0.2, -0.15) is 0 Å². The van der Waals surface area contributed by atoms with E-state index in [-0.39, 0.29) is 0 Å². The Balaban J connectivity index is 4.81. The fourth-order valence-corrected chi connectivity index (χ4v) is 2.14. The second-order valence-electron chi connectivity index (χ2n) is 5.85. The highest BCUT2D eigenvalue weighted by Crippen LogP contribution is 2.13. The molecule has 124 valence electrons. The molecule has 4 heteroatoms. The molecule has 0 aliphatic heterocycles. The summed E-state index contributed by atoms with van der Waals surface area (Å²) in [6.45, 7) is 10.9. The van der Waals surface area contributed by atoms with Gasteiger partial charge in [0.2, 0.25) is 0 Å². The first kappa shape index (κ1) is 20.3. The molecule has 0 saturated heterocycles. The van der Waals surface area contributed by atoms with Gasteiger partial charge in [-0.3, -0.25) is 0 Å². The van der Waals surface area contributed by atoms with Crippen molar-refractivity contribution in [3.63, 3.8) is 0 Å². The minimum absolute atomic E-state index is 0.374. The van der Waals surface area contributed by atoms with Gasteiger partial charge in [-0.05, 0) is 39.7 Å². The van der Waals surface area contributed by atoms with Gasteiger partial charge in [0.15, 0.2) is 0 Å². The van der Waals surface area contributed by atoms with Crippen LogP contribution in [0.4, 0.5) is 8.78 Å². The number of allylic oxidation sites excluding steroid dienone is 3. The smallest absolute Gasteiger partial charge is 0.120 e. The van der Waals surface area contributed by atoms with E-state index in [0.29, 0.717) is 18.2 Å². The maximum absolute atomic E-state index is 13.7. The monoisotopic (exact) mass is 302 g/mol. The summed E-state index contributed by atoms with van der Waals surface area (Å²) in [5, 5.41) is 4.32. The van der Waals surface area contributed by atoms with Gasteiger partial charge in [-0.25, -0.2) is 18.8 Å². The zero-order valence-electron chi connectivity index (χ0n) is 14.4. The summed E-state index contributed by atoms with van der Waals surface area (Å²) in [5.41, 5.74) is 0.663. The molecule has 0 rings (SSSR count). The molecule has 0 spiro atoms. The van der Waals surface area contributed by atoms with Crippen molar-refractivity contribution >= 4 is 0 Å². The lowest BCUT2D eigenvalue weighted by atomic mass is 10.1. The minimum atomic E-state index is -1.03. The van der Waals surface area contributed by atoms with Crippen molar-refractivity contribution in [2.45, 2.75) is 65.8 Å². The summed E-state index contributed by atoms with van der Waals surface area (Å²) >= 11 is 0. The first-order valence-electron chi connectivity index (χ1n) is 7.92. The van der Waals surface area contributed by atoms with Gasteiger partial charge in [0, 0.05) is 26.2 Å². The van der Waals surface area contributed by atoms with Crippen LogP contribution in [0.2, 0.25) is 0 Å². The summed E-state index contributed by atoms with van der Waals surface area (Å²) in [6.07, 6.45) is 4.94. The molecule has 2 unspecified atom stereocenters. The first-order valence-corrected chi connectivity index (χ1v) is 7.92. The van der Waals surface area contributed by atoms with Crippen LogP contribution in [0.5, 0.6) is 0 Å². The normalized spacial score (nSPS) is 16.4. The maximum Gasteiger partial charge on any atom is 0.120 e. The molecule has 0 heterocycles. The van der Waals surface area contributed by atoms with Crippen molar-refractivity contribution < 1.29 is 8.78 Å². The molecule has 0 N–H and O–H groups in total. The molecule has 0 amide bonds. The van der Waals surface area contributed by atoms with Crippen LogP contribution in [0.3, 0.4) is 0 Å². The highest BCUT2D eigenvalue weighted by molar-refractivity contribution is 5.17. The Morgan fingerprint density at radius 2 is 1.76 bits per heavy atom. The van der Waals surface area contributed by atoms with Crippen LogP contribution in [0.25, 0.3) is 0 Å². The number of halogens is 2. The van der Waals surface area contributed by atoms with Gasteiger partial charge >= 0.3 is 0 Å². The van der Waals surface area contributed by atoms with E-state index in [9.17, 15) is 8.78 Å². The molecular weight excluding hydrogens is 270 g/mol. The standard InChI is InChI=1S/C17H32F2N2/c1-7-8-12-21(14(2)3)20(6)13-17(16(5)19)11-9-10-15(4)18/h9-11,14-16H,7-8,12-13H2,1-6H3/b10-9-,17-11-. The summed E-state index contributed by atoms with van der Waals surface area (Å²) < 4.78 is 26.5. The van der Waals surface area contributed by atoms with E-state index < -0.39 is 12.3 Å². The summed E-state index contributed by atoms with van der Waals surface area (Å²) in [6, 6.07) is 0.374. The molecule has 0 aliphatic rings. The van der Waals surface area contributed by atoms with E-state index in [2.05, 4.69) is 30.8 Å². The van der Waals surface area contributed by atoms with Gasteiger partial charge in [0.25, 0.3) is 0 Å². The van der Waals surface area contributed by atoms with Crippen LogP contribution >= 0.6 is 0 Å². The Morgan fingerprint density at radius 1 is 1.14 bits per heavy atom. The number of alkyl halides is 2. The number of hydrazine groups is 1. The molecule has 0 aliphatic carbocycles. The molecule has 0 aromatic rings. The number of unbranched alkanes of at least 4 members (excludes halogenated alkanes) is 1. The predicted molar refractivity (Wildman–Crippen MR) is 87.7 cm³/mol. The first-order chi connectivity index (χ1) is 9.79. The second-order valence-corrected chi connectivity index (χ2v) is 5.85. The molecule has 0 fully saturated rings. The van der Waals surface area contributed by atoms with Crippen molar-refractivity contribution in [3.8, 4) is 0 Å². The maximum atomic E-state index is 13.7. The van der Waals surface area contributed by atoms with E-state index >= 15 is 0 Å². The van der Waals surface area contributed by atoms with Gasteiger partial charge in [-0.1, -0.05) is 31.6 Å². The Morgan fingerprint density at radius 3 is 2.19 bits per heavy atom. The van der Waals surface area contributed by atoms with Crippen LogP contribution in [-0.2, 0) is 0 Å². The molecule has 2 atom stereocenters. The fourth-order valence-electron chi connectivity index (χ4n) is 2.14. The molecule has 0 radical (unpaired) electrons. The third kappa shape index (κ3) is 8.99.